The van der Waals surface area contributed by atoms with E-state index in [2.05, 4.69) is 5.10 Å². The zero-order valence-corrected chi connectivity index (χ0v) is 13.6. The second-order valence-corrected chi connectivity index (χ2v) is 6.26. The number of rotatable bonds is 3. The molecule has 1 aromatic heterocycles. The van der Waals surface area contributed by atoms with E-state index < -0.39 is 12.5 Å². The Morgan fingerprint density at radius 3 is 2.83 bits per heavy atom. The quantitative estimate of drug-likeness (QED) is 0.892. The molecule has 0 saturated carbocycles. The van der Waals surface area contributed by atoms with Crippen LogP contribution in [-0.4, -0.2) is 27.4 Å². The van der Waals surface area contributed by atoms with Crippen molar-refractivity contribution in [3.05, 3.63) is 57.3 Å². The van der Waals surface area contributed by atoms with E-state index in [4.69, 9.17) is 28.3 Å². The minimum atomic E-state index is -2.97. The molecule has 0 fully saturated rings. The third-order valence-corrected chi connectivity index (χ3v) is 4.49. The Bertz CT molecular complexity index is 771. The SMILES string of the molecule is OC/C=C1\c2c(cnn2Cc2ccc(Cl)cc2Cl)CCC1(F)F. The van der Waals surface area contributed by atoms with Crippen LogP contribution in [-0.2, 0) is 13.0 Å². The first-order valence-corrected chi connectivity index (χ1v) is 7.86. The van der Waals surface area contributed by atoms with Gasteiger partial charge in [0.1, 0.15) is 0 Å². The topological polar surface area (TPSA) is 38.1 Å². The van der Waals surface area contributed by atoms with Crippen molar-refractivity contribution >= 4 is 28.8 Å². The molecule has 1 heterocycles. The van der Waals surface area contributed by atoms with Crippen molar-refractivity contribution in [1.82, 2.24) is 9.78 Å². The summed E-state index contributed by atoms with van der Waals surface area (Å²) >= 11 is 12.0. The van der Waals surface area contributed by atoms with Gasteiger partial charge < -0.3 is 5.11 Å². The Hall–Kier alpha value is -1.43. The minimum Gasteiger partial charge on any atom is -0.392 e. The number of hydrogen-bond acceptors (Lipinski definition) is 2. The summed E-state index contributed by atoms with van der Waals surface area (Å²) in [6.07, 6.45) is 2.72. The van der Waals surface area contributed by atoms with Crippen LogP contribution >= 0.6 is 23.2 Å². The highest BCUT2D eigenvalue weighted by Crippen LogP contribution is 2.42. The number of benzene rings is 1. The van der Waals surface area contributed by atoms with Gasteiger partial charge in [0.2, 0.25) is 0 Å². The Balaban J connectivity index is 2.03. The summed E-state index contributed by atoms with van der Waals surface area (Å²) < 4.78 is 29.9. The van der Waals surface area contributed by atoms with Gasteiger partial charge >= 0.3 is 0 Å². The van der Waals surface area contributed by atoms with E-state index in [0.717, 1.165) is 17.2 Å². The highest BCUT2D eigenvalue weighted by atomic mass is 35.5. The molecular formula is C16H14Cl2F2N2O. The third kappa shape index (κ3) is 3.13. The van der Waals surface area contributed by atoms with Crippen molar-refractivity contribution in [3.8, 4) is 0 Å². The van der Waals surface area contributed by atoms with Gasteiger partial charge in [-0.05, 0) is 35.8 Å². The standard InChI is InChI=1S/C16H14Cl2F2N2O/c17-12-2-1-11(14(18)7-12)9-22-15-10(8-21-22)3-5-16(19,20)13(15)4-6-23/h1-2,4,7-8,23H,3,5-6,9H2/b13-4+. The third-order valence-electron chi connectivity index (χ3n) is 3.90. The van der Waals surface area contributed by atoms with Gasteiger partial charge in [-0.2, -0.15) is 5.10 Å². The zero-order valence-electron chi connectivity index (χ0n) is 12.1. The summed E-state index contributed by atoms with van der Waals surface area (Å²) in [5.41, 5.74) is 1.67. The van der Waals surface area contributed by atoms with Gasteiger partial charge in [0.15, 0.2) is 0 Å². The van der Waals surface area contributed by atoms with Crippen molar-refractivity contribution in [2.24, 2.45) is 0 Å². The van der Waals surface area contributed by atoms with E-state index in [1.54, 1.807) is 24.4 Å². The second-order valence-electron chi connectivity index (χ2n) is 5.42. The van der Waals surface area contributed by atoms with Crippen LogP contribution in [0.15, 0.2) is 30.5 Å². The molecule has 3 nitrogen and oxygen atoms in total. The van der Waals surface area contributed by atoms with Crippen LogP contribution in [0.4, 0.5) is 8.78 Å². The fraction of sp³-hybridized carbons (Fsp3) is 0.312. The predicted octanol–water partition coefficient (Wildman–Crippen LogP) is 4.20. The first-order chi connectivity index (χ1) is 10.9. The van der Waals surface area contributed by atoms with E-state index in [9.17, 15) is 8.78 Å². The average molecular weight is 359 g/mol. The monoisotopic (exact) mass is 358 g/mol. The molecule has 0 unspecified atom stereocenters. The van der Waals surface area contributed by atoms with Crippen molar-refractivity contribution in [3.63, 3.8) is 0 Å². The summed E-state index contributed by atoms with van der Waals surface area (Å²) in [7, 11) is 0. The number of aliphatic hydroxyl groups is 1. The highest BCUT2D eigenvalue weighted by molar-refractivity contribution is 6.35. The van der Waals surface area contributed by atoms with Crippen molar-refractivity contribution in [1.29, 1.82) is 0 Å². The van der Waals surface area contributed by atoms with E-state index in [1.165, 1.54) is 4.68 Å². The lowest BCUT2D eigenvalue weighted by Crippen LogP contribution is -2.27. The van der Waals surface area contributed by atoms with Crippen LogP contribution in [0.1, 0.15) is 23.2 Å². The van der Waals surface area contributed by atoms with Crippen molar-refractivity contribution in [2.75, 3.05) is 6.61 Å². The highest BCUT2D eigenvalue weighted by Gasteiger charge is 2.41. The summed E-state index contributed by atoms with van der Waals surface area (Å²) in [6, 6.07) is 5.04. The molecule has 1 N–H and O–H groups in total. The lowest BCUT2D eigenvalue weighted by Gasteiger charge is -2.26. The van der Waals surface area contributed by atoms with Crippen molar-refractivity contribution in [2.45, 2.75) is 25.3 Å². The summed E-state index contributed by atoms with van der Waals surface area (Å²) in [5, 5.41) is 14.3. The van der Waals surface area contributed by atoms with E-state index in [1.807, 2.05) is 0 Å². The maximum absolute atomic E-state index is 14.2. The summed E-state index contributed by atoms with van der Waals surface area (Å²) in [5.74, 6) is -2.97. The van der Waals surface area contributed by atoms with Gasteiger partial charge in [-0.25, -0.2) is 8.78 Å². The first kappa shape index (κ1) is 16.4. The van der Waals surface area contributed by atoms with Crippen LogP contribution in [0.5, 0.6) is 0 Å². The summed E-state index contributed by atoms with van der Waals surface area (Å²) in [6.45, 7) is -0.193. The molecule has 2 aromatic rings. The maximum Gasteiger partial charge on any atom is 0.275 e. The van der Waals surface area contributed by atoms with Gasteiger partial charge in [0.05, 0.1) is 25.0 Å². The number of alkyl halides is 2. The number of aliphatic hydroxyl groups excluding tert-OH is 1. The lowest BCUT2D eigenvalue weighted by molar-refractivity contribution is 0.0528. The molecule has 3 rings (SSSR count). The fourth-order valence-corrected chi connectivity index (χ4v) is 3.26. The average Bonchev–Trinajstić information content (AvgIpc) is 2.88. The van der Waals surface area contributed by atoms with E-state index in [0.29, 0.717) is 15.7 Å². The molecule has 0 aliphatic heterocycles. The number of nitrogens with zero attached hydrogens (tertiary/aromatic N) is 2. The molecule has 0 saturated heterocycles. The molecule has 0 atom stereocenters. The van der Waals surface area contributed by atoms with Crippen LogP contribution in [0, 0.1) is 0 Å². The van der Waals surface area contributed by atoms with Crippen LogP contribution in [0.2, 0.25) is 10.0 Å². The van der Waals surface area contributed by atoms with Gasteiger partial charge in [-0.3, -0.25) is 4.68 Å². The molecule has 0 spiro atoms. The number of allylic oxidation sites excluding steroid dienone is 1. The van der Waals surface area contributed by atoms with Crippen molar-refractivity contribution < 1.29 is 13.9 Å². The first-order valence-electron chi connectivity index (χ1n) is 7.10. The smallest absolute Gasteiger partial charge is 0.275 e. The lowest BCUT2D eigenvalue weighted by atomic mass is 9.89. The minimum absolute atomic E-state index is 0.177. The predicted molar refractivity (Wildman–Crippen MR) is 86.1 cm³/mol. The van der Waals surface area contributed by atoms with Crippen LogP contribution in [0.25, 0.3) is 5.57 Å². The van der Waals surface area contributed by atoms with Gasteiger partial charge in [-0.15, -0.1) is 0 Å². The molecule has 1 aromatic carbocycles. The zero-order chi connectivity index (χ0) is 16.6. The van der Waals surface area contributed by atoms with Gasteiger partial charge in [0, 0.05) is 22.0 Å². The molecule has 1 aliphatic carbocycles. The molecule has 7 heteroatoms. The number of halogens is 4. The Kier molecular flexibility index (Phi) is 4.45. The molecule has 23 heavy (non-hydrogen) atoms. The van der Waals surface area contributed by atoms with Gasteiger partial charge in [-0.1, -0.05) is 29.3 Å². The van der Waals surface area contributed by atoms with E-state index in [-0.39, 0.29) is 25.0 Å². The maximum atomic E-state index is 14.2. The largest absolute Gasteiger partial charge is 0.392 e. The number of aromatic nitrogens is 2. The van der Waals surface area contributed by atoms with Gasteiger partial charge in [0.25, 0.3) is 5.92 Å². The molecule has 0 radical (unpaired) electrons. The Morgan fingerprint density at radius 1 is 1.35 bits per heavy atom. The summed E-state index contributed by atoms with van der Waals surface area (Å²) in [4.78, 5) is 0. The molecule has 122 valence electrons. The number of aryl methyl sites for hydroxylation is 1. The molecule has 1 aliphatic rings. The fourth-order valence-electron chi connectivity index (χ4n) is 2.79. The molecule has 0 amide bonds. The van der Waals surface area contributed by atoms with E-state index >= 15 is 0 Å². The van der Waals surface area contributed by atoms with Crippen LogP contribution in [0.3, 0.4) is 0 Å². The number of hydrogen-bond donors (Lipinski definition) is 1. The second kappa shape index (κ2) is 6.23. The molecular weight excluding hydrogens is 345 g/mol. The van der Waals surface area contributed by atoms with Crippen LogP contribution < -0.4 is 0 Å². The Labute approximate surface area is 142 Å². The number of fused-ring (bicyclic) bond motifs is 1. The molecule has 0 bridgehead atoms. The normalized spacial score (nSPS) is 18.2. The Morgan fingerprint density at radius 2 is 2.13 bits per heavy atom.